The second-order valence-electron chi connectivity index (χ2n) is 8.43. The van der Waals surface area contributed by atoms with Crippen molar-refractivity contribution in [3.05, 3.63) is 100 Å². The van der Waals surface area contributed by atoms with E-state index in [2.05, 4.69) is 6.58 Å². The highest BCUT2D eigenvalue weighted by Gasteiger charge is 2.32. The summed E-state index contributed by atoms with van der Waals surface area (Å²) in [6.45, 7) is 6.16. The zero-order valence-electron chi connectivity index (χ0n) is 18.5. The quantitative estimate of drug-likeness (QED) is 0.241. The lowest BCUT2D eigenvalue weighted by Gasteiger charge is -2.25. The van der Waals surface area contributed by atoms with E-state index in [0.29, 0.717) is 45.8 Å². The molecule has 170 valence electrons. The van der Waals surface area contributed by atoms with Gasteiger partial charge >= 0.3 is 5.97 Å². The van der Waals surface area contributed by atoms with Crippen LogP contribution in [0.3, 0.4) is 0 Å². The van der Waals surface area contributed by atoms with Gasteiger partial charge in [-0.3, -0.25) is 9.59 Å². The van der Waals surface area contributed by atoms with E-state index >= 15 is 0 Å². The molecular weight excluding hydrogens is 432 g/mol. The summed E-state index contributed by atoms with van der Waals surface area (Å²) in [5.74, 6) is 0.522. The van der Waals surface area contributed by atoms with Crippen molar-refractivity contribution < 1.29 is 23.8 Å². The number of carbonyl (C=O) groups excluding carboxylic acids is 1. The molecule has 0 saturated heterocycles. The predicted octanol–water partition coefficient (Wildman–Crippen LogP) is 5.56. The van der Waals surface area contributed by atoms with Gasteiger partial charge in [0.1, 0.15) is 35.7 Å². The van der Waals surface area contributed by atoms with Crippen LogP contribution in [-0.2, 0) is 4.79 Å². The minimum absolute atomic E-state index is 0.115. The van der Waals surface area contributed by atoms with Crippen LogP contribution in [0.4, 0.5) is 0 Å². The molecule has 1 aliphatic rings. The summed E-state index contributed by atoms with van der Waals surface area (Å²) in [5, 5.41) is 9.95. The molecule has 1 N–H and O–H groups in total. The summed E-state index contributed by atoms with van der Waals surface area (Å²) in [6, 6.07) is 17.1. The van der Waals surface area contributed by atoms with E-state index in [1.807, 2.05) is 31.2 Å². The number of hydrogen-bond acceptors (Lipinski definition) is 6. The summed E-state index contributed by atoms with van der Waals surface area (Å²) in [6.07, 6.45) is 1.54. The van der Waals surface area contributed by atoms with E-state index in [9.17, 15) is 14.7 Å². The highest BCUT2D eigenvalue weighted by atomic mass is 16.5. The van der Waals surface area contributed by atoms with Gasteiger partial charge in [0.2, 0.25) is 5.43 Å². The molecule has 4 aromatic rings. The summed E-state index contributed by atoms with van der Waals surface area (Å²) in [5.41, 5.74) is 3.69. The normalized spacial score (nSPS) is 15.0. The molecule has 1 unspecified atom stereocenters. The van der Waals surface area contributed by atoms with Crippen molar-refractivity contribution in [1.29, 1.82) is 0 Å². The minimum atomic E-state index is -0.345. The average Bonchev–Trinajstić information content (AvgIpc) is 2.83. The van der Waals surface area contributed by atoms with E-state index in [0.717, 1.165) is 11.1 Å². The number of ether oxygens (including phenoxy) is 2. The van der Waals surface area contributed by atoms with Crippen LogP contribution in [-0.4, -0.2) is 17.7 Å². The van der Waals surface area contributed by atoms with Gasteiger partial charge in [0, 0.05) is 11.5 Å². The van der Waals surface area contributed by atoms with Crippen LogP contribution in [0.2, 0.25) is 0 Å². The standard InChI is InChI=1S/C28H22O6/c1-16(2)14-32-20-9-5-17(6-10-20)22-13-25(30)34-24-12-11-21-27(31)23(15-33-28(21)26(22)24)18-3-7-19(29)8-4-18/h3-12,15,22,29H,1,13-14H2,2H3. The Bertz CT molecular complexity index is 1460. The van der Waals surface area contributed by atoms with E-state index in [1.165, 1.54) is 18.4 Å². The first-order valence-electron chi connectivity index (χ1n) is 10.9. The third kappa shape index (κ3) is 3.94. The fraction of sp³-hybridized carbons (Fsp3) is 0.143. The van der Waals surface area contributed by atoms with Crippen LogP contribution in [0.5, 0.6) is 17.2 Å². The van der Waals surface area contributed by atoms with Gasteiger partial charge in [0.05, 0.1) is 17.4 Å². The number of hydrogen-bond donors (Lipinski definition) is 1. The second-order valence-corrected chi connectivity index (χ2v) is 8.43. The number of rotatable bonds is 5. The number of benzene rings is 3. The maximum absolute atomic E-state index is 13.3. The van der Waals surface area contributed by atoms with Crippen molar-refractivity contribution in [2.75, 3.05) is 6.61 Å². The Balaban J connectivity index is 1.60. The predicted molar refractivity (Wildman–Crippen MR) is 128 cm³/mol. The van der Waals surface area contributed by atoms with Crippen molar-refractivity contribution in [2.45, 2.75) is 19.3 Å². The van der Waals surface area contributed by atoms with E-state index < -0.39 is 0 Å². The molecule has 1 aliphatic heterocycles. The molecule has 6 nitrogen and oxygen atoms in total. The molecule has 2 heterocycles. The zero-order chi connectivity index (χ0) is 23.8. The molecule has 5 rings (SSSR count). The van der Waals surface area contributed by atoms with Gasteiger partial charge in [-0.15, -0.1) is 0 Å². The number of phenolic OH excluding ortho intramolecular Hbond substituents is 1. The minimum Gasteiger partial charge on any atom is -0.508 e. The van der Waals surface area contributed by atoms with Crippen LogP contribution in [0.1, 0.15) is 30.4 Å². The van der Waals surface area contributed by atoms with Gasteiger partial charge < -0.3 is 19.0 Å². The Morgan fingerprint density at radius 3 is 2.50 bits per heavy atom. The highest BCUT2D eigenvalue weighted by Crippen LogP contribution is 2.43. The monoisotopic (exact) mass is 454 g/mol. The molecule has 6 heteroatoms. The zero-order valence-corrected chi connectivity index (χ0v) is 18.5. The van der Waals surface area contributed by atoms with Crippen LogP contribution in [0.25, 0.3) is 22.1 Å². The first-order valence-corrected chi connectivity index (χ1v) is 10.9. The summed E-state index contributed by atoms with van der Waals surface area (Å²) in [4.78, 5) is 25.7. The fourth-order valence-electron chi connectivity index (χ4n) is 4.18. The van der Waals surface area contributed by atoms with Crippen molar-refractivity contribution in [2.24, 2.45) is 0 Å². The molecule has 0 saturated carbocycles. The second kappa shape index (κ2) is 8.56. The van der Waals surface area contributed by atoms with Crippen molar-refractivity contribution in [3.8, 4) is 28.4 Å². The van der Waals surface area contributed by atoms with Crippen LogP contribution in [0.15, 0.2) is 88.3 Å². The van der Waals surface area contributed by atoms with E-state index in [4.69, 9.17) is 13.9 Å². The lowest BCUT2D eigenvalue weighted by molar-refractivity contribution is -0.135. The molecule has 0 spiro atoms. The number of carbonyl (C=O) groups is 1. The largest absolute Gasteiger partial charge is 0.508 e. The number of phenols is 1. The molecule has 0 radical (unpaired) electrons. The highest BCUT2D eigenvalue weighted by molar-refractivity contribution is 5.90. The fourth-order valence-corrected chi connectivity index (χ4v) is 4.18. The first kappa shape index (κ1) is 21.5. The Hall–Kier alpha value is -4.32. The number of aromatic hydroxyl groups is 1. The van der Waals surface area contributed by atoms with E-state index in [1.54, 1.807) is 24.3 Å². The maximum atomic E-state index is 13.3. The third-order valence-corrected chi connectivity index (χ3v) is 5.83. The lowest BCUT2D eigenvalue weighted by atomic mass is 9.85. The molecule has 3 aromatic carbocycles. The smallest absolute Gasteiger partial charge is 0.312 e. The molecular formula is C28H22O6. The Labute approximate surface area is 195 Å². The van der Waals surface area contributed by atoms with Crippen LogP contribution in [0, 0.1) is 0 Å². The van der Waals surface area contributed by atoms with Gasteiger partial charge in [-0.2, -0.15) is 0 Å². The lowest BCUT2D eigenvalue weighted by Crippen LogP contribution is -2.22. The molecule has 1 aromatic heterocycles. The molecule has 0 amide bonds. The van der Waals surface area contributed by atoms with Crippen LogP contribution >= 0.6 is 0 Å². The molecule has 34 heavy (non-hydrogen) atoms. The van der Waals surface area contributed by atoms with Gasteiger partial charge in [-0.25, -0.2) is 0 Å². The van der Waals surface area contributed by atoms with Crippen LogP contribution < -0.4 is 14.9 Å². The Morgan fingerprint density at radius 1 is 1.06 bits per heavy atom. The number of esters is 1. The topological polar surface area (TPSA) is 86.0 Å². The van der Waals surface area contributed by atoms with Crippen molar-refractivity contribution in [1.82, 2.24) is 0 Å². The first-order chi connectivity index (χ1) is 16.4. The number of fused-ring (bicyclic) bond motifs is 3. The Kier molecular flexibility index (Phi) is 5.42. The Morgan fingerprint density at radius 2 is 1.79 bits per heavy atom. The molecule has 0 aliphatic carbocycles. The maximum Gasteiger partial charge on any atom is 0.312 e. The van der Waals surface area contributed by atoms with Crippen molar-refractivity contribution >= 4 is 16.9 Å². The SMILES string of the molecule is C=C(C)COc1ccc(C2CC(=O)Oc3ccc4c(=O)c(-c5ccc(O)cc5)coc4c32)cc1. The van der Waals surface area contributed by atoms with Gasteiger partial charge in [-0.1, -0.05) is 30.8 Å². The summed E-state index contributed by atoms with van der Waals surface area (Å²) >= 11 is 0. The van der Waals surface area contributed by atoms with Gasteiger partial charge in [0.25, 0.3) is 0 Å². The molecule has 0 bridgehead atoms. The average molecular weight is 454 g/mol. The van der Waals surface area contributed by atoms with Crippen molar-refractivity contribution in [3.63, 3.8) is 0 Å². The molecule has 1 atom stereocenters. The van der Waals surface area contributed by atoms with E-state index in [-0.39, 0.29) is 29.5 Å². The summed E-state index contributed by atoms with van der Waals surface area (Å²) < 4.78 is 17.2. The molecule has 0 fully saturated rings. The van der Waals surface area contributed by atoms with Gasteiger partial charge in [-0.05, 0) is 60.0 Å². The van der Waals surface area contributed by atoms with Gasteiger partial charge in [0.15, 0.2) is 0 Å². The summed E-state index contributed by atoms with van der Waals surface area (Å²) in [7, 11) is 0. The third-order valence-electron chi connectivity index (χ3n) is 5.83.